The van der Waals surface area contributed by atoms with Gasteiger partial charge in [-0.1, -0.05) is 35.9 Å². The molecule has 1 heterocycles. The fourth-order valence-electron chi connectivity index (χ4n) is 3.59. The number of halogens is 4. The van der Waals surface area contributed by atoms with Crippen LogP contribution in [0.15, 0.2) is 53.4 Å². The molecular formula is C21H21ClF3NO3S. The number of amides is 1. The van der Waals surface area contributed by atoms with E-state index >= 15 is 0 Å². The summed E-state index contributed by atoms with van der Waals surface area (Å²) in [4.78, 5) is 13.7. The predicted molar refractivity (Wildman–Crippen MR) is 108 cm³/mol. The Kier molecular flexibility index (Phi) is 5.95. The van der Waals surface area contributed by atoms with Crippen molar-refractivity contribution in [2.24, 2.45) is 5.92 Å². The van der Waals surface area contributed by atoms with Crippen molar-refractivity contribution in [1.82, 2.24) is 4.90 Å². The van der Waals surface area contributed by atoms with Crippen LogP contribution in [-0.4, -0.2) is 30.5 Å². The smallest absolute Gasteiger partial charge is 0.338 e. The van der Waals surface area contributed by atoms with E-state index in [0.29, 0.717) is 11.1 Å². The van der Waals surface area contributed by atoms with Gasteiger partial charge in [0.1, 0.15) is 0 Å². The molecule has 0 unspecified atom stereocenters. The summed E-state index contributed by atoms with van der Waals surface area (Å²) in [6, 6.07) is 10.8. The molecule has 1 aliphatic rings. The second-order valence-corrected chi connectivity index (χ2v) is 10.8. The van der Waals surface area contributed by atoms with E-state index in [2.05, 4.69) is 0 Å². The van der Waals surface area contributed by atoms with Gasteiger partial charge in [-0.2, -0.15) is 13.2 Å². The van der Waals surface area contributed by atoms with Gasteiger partial charge in [0.2, 0.25) is 5.91 Å². The number of sulfone groups is 1. The third kappa shape index (κ3) is 4.21. The van der Waals surface area contributed by atoms with Crippen molar-refractivity contribution >= 4 is 27.3 Å². The van der Waals surface area contributed by atoms with Gasteiger partial charge in [0.05, 0.1) is 15.2 Å². The normalized spacial score (nSPS) is 18.1. The van der Waals surface area contributed by atoms with Gasteiger partial charge in [-0.15, -0.1) is 0 Å². The van der Waals surface area contributed by atoms with Crippen LogP contribution in [0.4, 0.5) is 13.2 Å². The van der Waals surface area contributed by atoms with E-state index in [9.17, 15) is 26.4 Å². The minimum Gasteiger partial charge on any atom is -0.338 e. The van der Waals surface area contributed by atoms with E-state index < -0.39 is 37.1 Å². The fraction of sp³-hybridized carbons (Fsp3) is 0.381. The number of carbonyl (C=O) groups excluding carboxylic acids is 1. The van der Waals surface area contributed by atoms with Gasteiger partial charge in [-0.05, 0) is 43.7 Å². The van der Waals surface area contributed by atoms with Crippen molar-refractivity contribution in [2.75, 3.05) is 6.54 Å². The second-order valence-electron chi connectivity index (χ2n) is 7.90. The van der Waals surface area contributed by atoms with Crippen molar-refractivity contribution in [3.05, 3.63) is 64.7 Å². The summed E-state index contributed by atoms with van der Waals surface area (Å²) in [7, 11) is -4.14. The molecule has 1 aliphatic heterocycles. The zero-order chi connectivity index (χ0) is 22.3. The molecule has 1 saturated heterocycles. The van der Waals surface area contributed by atoms with Crippen molar-refractivity contribution in [3.8, 4) is 0 Å². The molecule has 3 rings (SSSR count). The summed E-state index contributed by atoms with van der Waals surface area (Å²) < 4.78 is 64.1. The first kappa shape index (κ1) is 22.6. The molecule has 0 N–H and O–H groups in total. The number of carbonyl (C=O) groups is 1. The van der Waals surface area contributed by atoms with Crippen LogP contribution < -0.4 is 0 Å². The highest BCUT2D eigenvalue weighted by molar-refractivity contribution is 7.92. The zero-order valence-corrected chi connectivity index (χ0v) is 18.0. The van der Waals surface area contributed by atoms with Crippen LogP contribution in [0, 0.1) is 5.92 Å². The number of hydrogen-bond donors (Lipinski definition) is 0. The molecule has 0 saturated carbocycles. The highest BCUT2D eigenvalue weighted by Crippen LogP contribution is 2.40. The van der Waals surface area contributed by atoms with E-state index in [-0.39, 0.29) is 25.4 Å². The zero-order valence-electron chi connectivity index (χ0n) is 16.4. The number of rotatable bonds is 5. The summed E-state index contributed by atoms with van der Waals surface area (Å²) >= 11 is 6.16. The maximum atomic E-state index is 13.2. The minimum atomic E-state index is -4.65. The average Bonchev–Trinajstić information content (AvgIpc) is 3.04. The summed E-state index contributed by atoms with van der Waals surface area (Å²) in [5.41, 5.74) is -0.283. The first-order valence-corrected chi connectivity index (χ1v) is 11.1. The Labute approximate surface area is 178 Å². The third-order valence-electron chi connectivity index (χ3n) is 5.68. The molecule has 4 nitrogen and oxygen atoms in total. The topological polar surface area (TPSA) is 54.5 Å². The molecule has 1 atom stereocenters. The Bertz CT molecular complexity index is 1070. The Morgan fingerprint density at radius 1 is 1.10 bits per heavy atom. The largest absolute Gasteiger partial charge is 0.416 e. The molecular weight excluding hydrogens is 439 g/mol. The van der Waals surface area contributed by atoms with E-state index in [1.807, 2.05) is 0 Å². The summed E-state index contributed by atoms with van der Waals surface area (Å²) in [6.07, 6.45) is -4.65. The number of hydrogen-bond acceptors (Lipinski definition) is 3. The Balaban J connectivity index is 1.86. The molecule has 0 radical (unpaired) electrons. The van der Waals surface area contributed by atoms with Crippen LogP contribution in [0.1, 0.15) is 31.4 Å². The Morgan fingerprint density at radius 2 is 1.77 bits per heavy atom. The molecule has 162 valence electrons. The van der Waals surface area contributed by atoms with E-state index in [1.54, 1.807) is 24.3 Å². The van der Waals surface area contributed by atoms with Crippen LogP contribution in [-0.2, 0) is 27.4 Å². The lowest BCUT2D eigenvalue weighted by Crippen LogP contribution is -2.41. The third-order valence-corrected chi connectivity index (χ3v) is 8.64. The second kappa shape index (κ2) is 7.89. The average molecular weight is 460 g/mol. The molecule has 0 spiro atoms. The highest BCUT2D eigenvalue weighted by atomic mass is 35.5. The van der Waals surface area contributed by atoms with Crippen molar-refractivity contribution in [2.45, 2.75) is 42.6 Å². The van der Waals surface area contributed by atoms with Crippen LogP contribution in [0.2, 0.25) is 5.02 Å². The molecule has 0 aromatic heterocycles. The maximum absolute atomic E-state index is 13.2. The standard InChI is InChI=1S/C21H21ClF3NO3S/c1-20(2,30(28,29)17-8-5-7-15(10-17)21(23,24)25)16-11-19(27)26(13-16)12-14-6-3-4-9-18(14)22/h3-10,16H,11-13H2,1-2H3/t16-/m1/s1. The predicted octanol–water partition coefficient (Wildman–Crippen LogP) is 4.96. The summed E-state index contributed by atoms with van der Waals surface area (Å²) in [5, 5.41) is 0.504. The Morgan fingerprint density at radius 3 is 2.40 bits per heavy atom. The van der Waals surface area contributed by atoms with Gasteiger partial charge >= 0.3 is 6.18 Å². The molecule has 2 aromatic rings. The SMILES string of the molecule is CC(C)([C@@H]1CC(=O)N(Cc2ccccc2Cl)C1)S(=O)(=O)c1cccc(C(F)(F)F)c1. The van der Waals surface area contributed by atoms with Crippen LogP contribution in [0.25, 0.3) is 0 Å². The molecule has 0 bridgehead atoms. The quantitative estimate of drug-likeness (QED) is 0.635. The van der Waals surface area contributed by atoms with Gasteiger partial charge in [0.25, 0.3) is 0 Å². The molecule has 1 amide bonds. The lowest BCUT2D eigenvalue weighted by atomic mass is 9.94. The van der Waals surface area contributed by atoms with E-state index in [1.165, 1.54) is 18.7 Å². The lowest BCUT2D eigenvalue weighted by Gasteiger charge is -2.31. The molecule has 30 heavy (non-hydrogen) atoms. The fourth-order valence-corrected chi connectivity index (χ4v) is 5.53. The number of alkyl halides is 3. The van der Waals surface area contributed by atoms with E-state index in [0.717, 1.165) is 23.8 Å². The number of nitrogens with zero attached hydrogens (tertiary/aromatic N) is 1. The van der Waals surface area contributed by atoms with Gasteiger partial charge in [0.15, 0.2) is 9.84 Å². The number of benzene rings is 2. The summed E-state index contributed by atoms with van der Waals surface area (Å²) in [6.45, 7) is 3.34. The van der Waals surface area contributed by atoms with Gasteiger partial charge in [-0.3, -0.25) is 4.79 Å². The number of likely N-dealkylation sites (tertiary alicyclic amines) is 1. The molecule has 2 aromatic carbocycles. The van der Waals surface area contributed by atoms with E-state index in [4.69, 9.17) is 11.6 Å². The minimum absolute atomic E-state index is 0.00432. The summed E-state index contributed by atoms with van der Waals surface area (Å²) in [5.74, 6) is -0.792. The van der Waals surface area contributed by atoms with Gasteiger partial charge in [-0.25, -0.2) is 8.42 Å². The van der Waals surface area contributed by atoms with Gasteiger partial charge in [0, 0.05) is 30.5 Å². The van der Waals surface area contributed by atoms with Crippen molar-refractivity contribution in [3.63, 3.8) is 0 Å². The monoisotopic (exact) mass is 459 g/mol. The van der Waals surface area contributed by atoms with Crippen LogP contribution in [0.5, 0.6) is 0 Å². The Hall–Kier alpha value is -2.06. The van der Waals surface area contributed by atoms with Crippen LogP contribution >= 0.6 is 11.6 Å². The van der Waals surface area contributed by atoms with Crippen molar-refractivity contribution in [1.29, 1.82) is 0 Å². The highest BCUT2D eigenvalue weighted by Gasteiger charge is 2.48. The van der Waals surface area contributed by atoms with Gasteiger partial charge < -0.3 is 4.90 Å². The molecule has 0 aliphatic carbocycles. The molecule has 9 heteroatoms. The molecule has 1 fully saturated rings. The lowest BCUT2D eigenvalue weighted by molar-refractivity contribution is -0.137. The van der Waals surface area contributed by atoms with Crippen LogP contribution in [0.3, 0.4) is 0 Å². The maximum Gasteiger partial charge on any atom is 0.416 e. The first-order chi connectivity index (χ1) is 13.8. The first-order valence-electron chi connectivity index (χ1n) is 9.27. The van der Waals surface area contributed by atoms with Crippen molar-refractivity contribution < 1.29 is 26.4 Å².